The van der Waals surface area contributed by atoms with Crippen molar-refractivity contribution in [1.82, 2.24) is 5.32 Å². The van der Waals surface area contributed by atoms with Crippen LogP contribution in [0.2, 0.25) is 0 Å². The van der Waals surface area contributed by atoms with Crippen LogP contribution >= 0.6 is 0 Å². The van der Waals surface area contributed by atoms with E-state index in [0.29, 0.717) is 35.8 Å². The minimum atomic E-state index is -0.946. The Bertz CT molecular complexity index is 793. The van der Waals surface area contributed by atoms with Gasteiger partial charge in [0.05, 0.1) is 23.3 Å². The molecule has 1 heterocycles. The maximum atomic E-state index is 12.0. The lowest BCUT2D eigenvalue weighted by atomic mass is 9.48. The summed E-state index contributed by atoms with van der Waals surface area (Å²) in [5.74, 6) is 2.29. The van der Waals surface area contributed by atoms with E-state index in [1.54, 1.807) is 31.5 Å². The van der Waals surface area contributed by atoms with Crippen LogP contribution in [0.15, 0.2) is 29.3 Å². The summed E-state index contributed by atoms with van der Waals surface area (Å²) in [6.07, 6.45) is 6.40. The van der Waals surface area contributed by atoms with Gasteiger partial charge in [-0.2, -0.15) is 0 Å². The lowest BCUT2D eigenvalue weighted by molar-refractivity contribution is -0.147. The number of carbonyl (C=O) groups is 2. The number of amides is 2. The van der Waals surface area contributed by atoms with Gasteiger partial charge in [0, 0.05) is 19.3 Å². The Kier molecular flexibility index (Phi) is 4.87. The van der Waals surface area contributed by atoms with E-state index in [0.717, 1.165) is 25.2 Å². The molecular weight excluding hydrogens is 356 g/mol. The largest absolute Gasteiger partial charge is 0.465 e. The molecule has 1 aliphatic heterocycles. The van der Waals surface area contributed by atoms with Crippen LogP contribution in [0, 0.1) is 23.2 Å². The molecule has 0 aromatic heterocycles. The lowest BCUT2D eigenvalue weighted by Crippen LogP contribution is -2.60. The highest BCUT2D eigenvalue weighted by atomic mass is 16.4. The maximum absolute atomic E-state index is 12.0. The first kappa shape index (κ1) is 18.9. The van der Waals surface area contributed by atoms with E-state index in [1.807, 2.05) is 6.07 Å². The predicted molar refractivity (Wildman–Crippen MR) is 108 cm³/mol. The predicted octanol–water partition coefficient (Wildman–Crippen LogP) is 2.77. The van der Waals surface area contributed by atoms with E-state index in [2.05, 4.69) is 10.3 Å². The van der Waals surface area contributed by atoms with Gasteiger partial charge in [0.25, 0.3) is 0 Å². The Morgan fingerprint density at radius 3 is 2.54 bits per heavy atom. The summed E-state index contributed by atoms with van der Waals surface area (Å²) in [5, 5.41) is 11.7. The van der Waals surface area contributed by atoms with E-state index in [1.165, 1.54) is 17.7 Å². The van der Waals surface area contributed by atoms with Crippen molar-refractivity contribution in [3.8, 4) is 0 Å². The van der Waals surface area contributed by atoms with Crippen LogP contribution in [0.3, 0.4) is 0 Å². The van der Waals surface area contributed by atoms with Gasteiger partial charge in [-0.1, -0.05) is 12.1 Å². The lowest BCUT2D eigenvalue weighted by Gasteiger charge is -2.58. The number of fused-ring (bicyclic) bond motifs is 1. The molecule has 1 aromatic rings. The third kappa shape index (κ3) is 3.17. The van der Waals surface area contributed by atoms with E-state index < -0.39 is 6.09 Å². The smallest absolute Gasteiger partial charge is 0.412 e. The van der Waals surface area contributed by atoms with Gasteiger partial charge in [0.1, 0.15) is 0 Å². The van der Waals surface area contributed by atoms with Crippen LogP contribution in [-0.4, -0.2) is 43.0 Å². The zero-order chi connectivity index (χ0) is 19.9. The molecule has 2 atom stereocenters. The van der Waals surface area contributed by atoms with Gasteiger partial charge in [-0.25, -0.2) is 4.79 Å². The van der Waals surface area contributed by atoms with Crippen LogP contribution < -0.4 is 16.0 Å². The molecule has 0 spiro atoms. The third-order valence-electron chi connectivity index (χ3n) is 6.95. The van der Waals surface area contributed by atoms with Crippen LogP contribution in [0.4, 0.5) is 16.2 Å². The van der Waals surface area contributed by atoms with Crippen molar-refractivity contribution in [3.05, 3.63) is 24.3 Å². The second kappa shape index (κ2) is 7.20. The van der Waals surface area contributed by atoms with Crippen LogP contribution in [-0.2, 0) is 4.79 Å². The topological polar surface area (TPSA) is 108 Å². The monoisotopic (exact) mass is 384 g/mol. The molecule has 4 bridgehead atoms. The number of carbonyl (C=O) groups excluding carboxylic acids is 1. The highest BCUT2D eigenvalue weighted by Gasteiger charge is 2.57. The number of anilines is 1. The van der Waals surface area contributed by atoms with Crippen molar-refractivity contribution >= 4 is 29.6 Å². The number of nitrogens with zero attached hydrogens (tertiary/aromatic N) is 2. The zero-order valence-electron chi connectivity index (χ0n) is 16.2. The fourth-order valence-electron chi connectivity index (χ4n) is 5.91. The molecule has 6 rings (SSSR count). The minimum Gasteiger partial charge on any atom is -0.465 e. The summed E-state index contributed by atoms with van der Waals surface area (Å²) in [4.78, 5) is 28.2. The molecule has 4 aliphatic carbocycles. The normalized spacial score (nSPS) is 34.3. The highest BCUT2D eigenvalue weighted by molar-refractivity contribution is 5.96. The van der Waals surface area contributed by atoms with Crippen molar-refractivity contribution in [2.45, 2.75) is 38.1 Å². The van der Waals surface area contributed by atoms with Crippen molar-refractivity contribution in [3.63, 3.8) is 0 Å². The number of nitrogens with two attached hydrogens (primary N) is 1. The number of benzene rings is 1. The average Bonchev–Trinajstić information content (AvgIpc) is 2.70. The fourth-order valence-corrected chi connectivity index (χ4v) is 5.91. The van der Waals surface area contributed by atoms with E-state index in [4.69, 9.17) is 10.8 Å². The Morgan fingerprint density at radius 1 is 1.21 bits per heavy atom. The van der Waals surface area contributed by atoms with Gasteiger partial charge in [-0.05, 0) is 62.0 Å². The van der Waals surface area contributed by atoms with Crippen LogP contribution in [0.5, 0.6) is 0 Å². The molecule has 150 valence electrons. The number of carboxylic acid groups (broad SMARTS) is 1. The molecule has 0 saturated heterocycles. The molecular formula is C21H28N4O3. The van der Waals surface area contributed by atoms with Crippen molar-refractivity contribution in [2.75, 3.05) is 18.5 Å². The molecule has 4 saturated carbocycles. The summed E-state index contributed by atoms with van der Waals surface area (Å²) in [5.41, 5.74) is 7.55. The number of hydrogen-bond donors (Lipinski definition) is 3. The average molecular weight is 384 g/mol. The van der Waals surface area contributed by atoms with E-state index in [9.17, 15) is 9.59 Å². The van der Waals surface area contributed by atoms with Crippen molar-refractivity contribution in [1.29, 1.82) is 0 Å². The second-order valence-electron chi connectivity index (χ2n) is 8.60. The Hall–Kier alpha value is -2.41. The second-order valence-corrected chi connectivity index (χ2v) is 8.60. The molecule has 28 heavy (non-hydrogen) atoms. The van der Waals surface area contributed by atoms with E-state index >= 15 is 0 Å². The van der Waals surface area contributed by atoms with E-state index in [-0.39, 0.29) is 11.3 Å². The molecule has 4 fully saturated rings. The number of nitrogens with one attached hydrogen (secondary N) is 1. The maximum Gasteiger partial charge on any atom is 0.412 e. The molecule has 0 radical (unpaired) electrons. The zero-order valence-corrected chi connectivity index (χ0v) is 16.2. The summed E-state index contributed by atoms with van der Waals surface area (Å²) < 4.78 is 0. The summed E-state index contributed by atoms with van der Waals surface area (Å²) in [6, 6.07) is 7.55. The Morgan fingerprint density at radius 2 is 1.89 bits per heavy atom. The van der Waals surface area contributed by atoms with Gasteiger partial charge in [-0.15, -0.1) is 0 Å². The molecule has 7 nitrogen and oxygen atoms in total. The number of aliphatic imine (C=N–C) groups is 1. The molecule has 1 aromatic carbocycles. The standard InChI is InChI=1S/C12H20N2O.C9H8N2O2/c1-14-11(15)12-4-7-2-8(5-12)10(13)9(3-7)6-12;12-9(13)11-6-5-10-7-3-1-2-4-8(7)11/h7-10H,2-6,13H2,1H3,(H,14,15);1-5H,6H2,(H,12,13). The molecule has 2 unspecified atom stereocenters. The van der Waals surface area contributed by atoms with Gasteiger partial charge in [0.2, 0.25) is 5.91 Å². The first-order chi connectivity index (χ1) is 13.4. The number of rotatable bonds is 1. The SMILES string of the molecule is CNC(=O)C12CC3CC(C1)C(N)C(C3)C2.O=C(O)N1CC=Nc2ccccc21. The summed E-state index contributed by atoms with van der Waals surface area (Å²) in [7, 11) is 1.76. The van der Waals surface area contributed by atoms with Gasteiger partial charge >= 0.3 is 6.09 Å². The quantitative estimate of drug-likeness (QED) is 0.692. The first-order valence-corrected chi connectivity index (χ1v) is 10.0. The van der Waals surface area contributed by atoms with Gasteiger partial charge in [-0.3, -0.25) is 14.7 Å². The highest BCUT2D eigenvalue weighted by Crippen LogP contribution is 2.59. The summed E-state index contributed by atoms with van der Waals surface area (Å²) >= 11 is 0. The van der Waals surface area contributed by atoms with Gasteiger partial charge < -0.3 is 16.2 Å². The molecule has 7 heteroatoms. The van der Waals surface area contributed by atoms with Crippen LogP contribution in [0.1, 0.15) is 32.1 Å². The first-order valence-electron chi connectivity index (χ1n) is 10.0. The van der Waals surface area contributed by atoms with Crippen LogP contribution in [0.25, 0.3) is 0 Å². The minimum absolute atomic E-state index is 0.0406. The Balaban J connectivity index is 0.000000139. The Labute approximate surface area is 165 Å². The molecule has 4 N–H and O–H groups in total. The fraction of sp³-hybridized carbons (Fsp3) is 0.571. The van der Waals surface area contributed by atoms with Crippen molar-refractivity contribution in [2.24, 2.45) is 33.9 Å². The number of hydrogen-bond acceptors (Lipinski definition) is 4. The van der Waals surface area contributed by atoms with Crippen molar-refractivity contribution < 1.29 is 14.7 Å². The van der Waals surface area contributed by atoms with Gasteiger partial charge in [0.15, 0.2) is 0 Å². The molecule has 5 aliphatic rings. The summed E-state index contributed by atoms with van der Waals surface area (Å²) in [6.45, 7) is 0.326. The number of para-hydroxylation sites is 2. The third-order valence-corrected chi connectivity index (χ3v) is 6.95. The molecule has 2 amide bonds.